The summed E-state index contributed by atoms with van der Waals surface area (Å²) in [7, 11) is 1.81. The summed E-state index contributed by atoms with van der Waals surface area (Å²) in [6, 6.07) is 7.40. The SMILES string of the molecule is CN(CCc1nccs1)C(=O)c1ccccc1OCC1CCCO1. The van der Waals surface area contributed by atoms with Crippen LogP contribution in [0.15, 0.2) is 35.8 Å². The summed E-state index contributed by atoms with van der Waals surface area (Å²) in [6.45, 7) is 1.92. The minimum atomic E-state index is -0.0329. The van der Waals surface area contributed by atoms with Crippen molar-refractivity contribution in [3.05, 3.63) is 46.4 Å². The lowest BCUT2D eigenvalue weighted by Crippen LogP contribution is -2.29. The summed E-state index contributed by atoms with van der Waals surface area (Å²) in [4.78, 5) is 18.7. The molecule has 5 nitrogen and oxygen atoms in total. The lowest BCUT2D eigenvalue weighted by atomic mass is 10.1. The molecule has 2 aromatic rings. The van der Waals surface area contributed by atoms with E-state index < -0.39 is 0 Å². The second kappa shape index (κ2) is 8.26. The van der Waals surface area contributed by atoms with Crippen LogP contribution < -0.4 is 4.74 Å². The van der Waals surface area contributed by atoms with Crippen LogP contribution >= 0.6 is 11.3 Å². The van der Waals surface area contributed by atoms with Crippen molar-refractivity contribution in [1.29, 1.82) is 0 Å². The molecule has 0 spiro atoms. The molecule has 1 aromatic heterocycles. The first-order valence-corrected chi connectivity index (χ1v) is 9.09. The average molecular weight is 346 g/mol. The first-order valence-electron chi connectivity index (χ1n) is 8.21. The number of para-hydroxylation sites is 1. The number of amides is 1. The maximum atomic E-state index is 12.7. The van der Waals surface area contributed by atoms with Gasteiger partial charge in [-0.1, -0.05) is 12.1 Å². The van der Waals surface area contributed by atoms with Crippen molar-refractivity contribution in [2.24, 2.45) is 0 Å². The van der Waals surface area contributed by atoms with Gasteiger partial charge in [-0.25, -0.2) is 4.98 Å². The number of thiazole rings is 1. The standard InChI is InChI=1S/C18H22N2O3S/c1-20(10-8-17-19-9-12-24-17)18(21)15-6-2-3-7-16(15)23-13-14-5-4-11-22-14/h2-3,6-7,9,12,14H,4-5,8,10-11,13H2,1H3. The molecule has 0 bridgehead atoms. The van der Waals surface area contributed by atoms with Crippen molar-refractivity contribution in [1.82, 2.24) is 9.88 Å². The Morgan fingerprint density at radius 3 is 3.08 bits per heavy atom. The van der Waals surface area contributed by atoms with Gasteiger partial charge in [-0.2, -0.15) is 0 Å². The molecule has 0 saturated carbocycles. The number of aromatic nitrogens is 1. The van der Waals surface area contributed by atoms with Crippen molar-refractivity contribution in [2.45, 2.75) is 25.4 Å². The van der Waals surface area contributed by atoms with E-state index in [1.807, 2.05) is 36.7 Å². The van der Waals surface area contributed by atoms with Crippen LogP contribution in [-0.2, 0) is 11.2 Å². The monoisotopic (exact) mass is 346 g/mol. The van der Waals surface area contributed by atoms with Crippen molar-refractivity contribution < 1.29 is 14.3 Å². The van der Waals surface area contributed by atoms with Crippen LogP contribution in [0.3, 0.4) is 0 Å². The molecule has 1 atom stereocenters. The Kier molecular flexibility index (Phi) is 5.82. The van der Waals surface area contributed by atoms with Gasteiger partial charge in [0.15, 0.2) is 0 Å². The van der Waals surface area contributed by atoms with Gasteiger partial charge in [0, 0.05) is 38.2 Å². The molecule has 1 aromatic carbocycles. The molecule has 6 heteroatoms. The Morgan fingerprint density at radius 2 is 2.33 bits per heavy atom. The fourth-order valence-electron chi connectivity index (χ4n) is 2.67. The highest BCUT2D eigenvalue weighted by Gasteiger charge is 2.20. The lowest BCUT2D eigenvalue weighted by Gasteiger charge is -2.19. The molecular weight excluding hydrogens is 324 g/mol. The molecule has 0 aliphatic carbocycles. The Hall–Kier alpha value is -1.92. The van der Waals surface area contributed by atoms with Crippen LogP contribution in [0.4, 0.5) is 0 Å². The van der Waals surface area contributed by atoms with Crippen molar-refractivity contribution in [3.8, 4) is 5.75 Å². The molecule has 1 amide bonds. The number of benzene rings is 1. The zero-order chi connectivity index (χ0) is 16.8. The molecule has 0 N–H and O–H groups in total. The predicted octanol–water partition coefficient (Wildman–Crippen LogP) is 3.02. The average Bonchev–Trinajstić information content (AvgIpc) is 3.31. The van der Waals surface area contributed by atoms with E-state index in [-0.39, 0.29) is 12.0 Å². The van der Waals surface area contributed by atoms with Gasteiger partial charge in [0.2, 0.25) is 0 Å². The van der Waals surface area contributed by atoms with Crippen LogP contribution in [0, 0.1) is 0 Å². The molecule has 1 unspecified atom stereocenters. The van der Waals surface area contributed by atoms with E-state index in [9.17, 15) is 4.79 Å². The van der Waals surface area contributed by atoms with Crippen LogP contribution in [0.2, 0.25) is 0 Å². The molecular formula is C18H22N2O3S. The van der Waals surface area contributed by atoms with Gasteiger partial charge in [-0.15, -0.1) is 11.3 Å². The Bertz CT molecular complexity index is 654. The van der Waals surface area contributed by atoms with E-state index in [1.165, 1.54) is 0 Å². The first kappa shape index (κ1) is 16.9. The summed E-state index contributed by atoms with van der Waals surface area (Å²) in [5.41, 5.74) is 0.595. The second-order valence-electron chi connectivity index (χ2n) is 5.84. The van der Waals surface area contributed by atoms with E-state index in [0.29, 0.717) is 24.5 Å². The second-order valence-corrected chi connectivity index (χ2v) is 6.82. The molecule has 1 fully saturated rings. The quantitative estimate of drug-likeness (QED) is 0.773. The smallest absolute Gasteiger partial charge is 0.257 e. The highest BCUT2D eigenvalue weighted by atomic mass is 32.1. The summed E-state index contributed by atoms with van der Waals surface area (Å²) in [6.07, 6.45) is 4.78. The number of rotatable bonds is 7. The number of hydrogen-bond donors (Lipinski definition) is 0. The maximum absolute atomic E-state index is 12.7. The fourth-order valence-corrected chi connectivity index (χ4v) is 3.28. The number of carbonyl (C=O) groups excluding carboxylic acids is 1. The summed E-state index contributed by atoms with van der Waals surface area (Å²) in [5, 5.41) is 2.99. The van der Waals surface area contributed by atoms with Crippen molar-refractivity contribution in [3.63, 3.8) is 0 Å². The largest absolute Gasteiger partial charge is 0.490 e. The van der Waals surface area contributed by atoms with Gasteiger partial charge in [0.25, 0.3) is 5.91 Å². The van der Waals surface area contributed by atoms with Crippen LogP contribution in [0.5, 0.6) is 5.75 Å². The third-order valence-corrected chi connectivity index (χ3v) is 4.90. The molecule has 24 heavy (non-hydrogen) atoms. The molecule has 2 heterocycles. The highest BCUT2D eigenvalue weighted by molar-refractivity contribution is 7.09. The van der Waals surface area contributed by atoms with Crippen molar-refractivity contribution >= 4 is 17.2 Å². The van der Waals surface area contributed by atoms with Gasteiger partial charge in [-0.05, 0) is 25.0 Å². The molecule has 3 rings (SSSR count). The van der Waals surface area contributed by atoms with Crippen molar-refractivity contribution in [2.75, 3.05) is 26.8 Å². The summed E-state index contributed by atoms with van der Waals surface area (Å²) in [5.74, 6) is 0.591. The zero-order valence-electron chi connectivity index (χ0n) is 13.8. The summed E-state index contributed by atoms with van der Waals surface area (Å²) >= 11 is 1.61. The third kappa shape index (κ3) is 4.33. The number of carbonyl (C=O) groups is 1. The number of likely N-dealkylation sites (N-methyl/N-ethyl adjacent to an activating group) is 1. The number of nitrogens with zero attached hydrogens (tertiary/aromatic N) is 2. The Balaban J connectivity index is 1.60. The maximum Gasteiger partial charge on any atom is 0.257 e. The summed E-state index contributed by atoms with van der Waals surface area (Å²) < 4.78 is 11.4. The van der Waals surface area contributed by atoms with Crippen LogP contribution in [0.1, 0.15) is 28.2 Å². The number of hydrogen-bond acceptors (Lipinski definition) is 5. The van der Waals surface area contributed by atoms with E-state index in [0.717, 1.165) is 30.9 Å². The van der Waals surface area contributed by atoms with Crippen LogP contribution in [-0.4, -0.2) is 48.7 Å². The van der Waals surface area contributed by atoms with E-state index in [4.69, 9.17) is 9.47 Å². The zero-order valence-corrected chi connectivity index (χ0v) is 14.6. The molecule has 1 saturated heterocycles. The van der Waals surface area contributed by atoms with E-state index in [1.54, 1.807) is 22.4 Å². The topological polar surface area (TPSA) is 51.7 Å². The van der Waals surface area contributed by atoms with E-state index >= 15 is 0 Å². The minimum Gasteiger partial charge on any atom is -0.490 e. The van der Waals surface area contributed by atoms with Gasteiger partial charge in [0.1, 0.15) is 12.4 Å². The highest BCUT2D eigenvalue weighted by Crippen LogP contribution is 2.22. The minimum absolute atomic E-state index is 0.0329. The van der Waals surface area contributed by atoms with Crippen LogP contribution in [0.25, 0.3) is 0 Å². The number of ether oxygens (including phenoxy) is 2. The Morgan fingerprint density at radius 1 is 1.46 bits per heavy atom. The third-order valence-electron chi connectivity index (χ3n) is 4.06. The van der Waals surface area contributed by atoms with Gasteiger partial charge in [-0.3, -0.25) is 4.79 Å². The fraction of sp³-hybridized carbons (Fsp3) is 0.444. The molecule has 128 valence electrons. The molecule has 1 aliphatic rings. The van der Waals surface area contributed by atoms with E-state index in [2.05, 4.69) is 4.98 Å². The first-order chi connectivity index (χ1) is 11.7. The molecule has 0 radical (unpaired) electrons. The predicted molar refractivity (Wildman–Crippen MR) is 93.7 cm³/mol. The molecule has 1 aliphatic heterocycles. The van der Waals surface area contributed by atoms with Gasteiger partial charge >= 0.3 is 0 Å². The normalized spacial score (nSPS) is 17.0. The van der Waals surface area contributed by atoms with Gasteiger partial charge < -0.3 is 14.4 Å². The Labute approximate surface area is 146 Å². The lowest BCUT2D eigenvalue weighted by molar-refractivity contribution is 0.0658. The van der Waals surface area contributed by atoms with Gasteiger partial charge in [0.05, 0.1) is 16.7 Å².